The monoisotopic (exact) mass is 445 g/mol. The van der Waals surface area contributed by atoms with Crippen LogP contribution in [0.2, 0.25) is 6.82 Å². The van der Waals surface area contributed by atoms with E-state index < -0.39 is 16.0 Å². The number of anilines is 3. The molecular weight excluding hydrogens is 427 g/mol. The number of nitrogens with zero attached hydrogens (tertiary/aromatic N) is 2. The van der Waals surface area contributed by atoms with Gasteiger partial charge in [0.15, 0.2) is 11.6 Å². The molecule has 0 fully saturated rings. The molecule has 0 atom stereocenters. The Bertz CT molecular complexity index is 1410. The third-order valence-electron chi connectivity index (χ3n) is 4.70. The van der Waals surface area contributed by atoms with Gasteiger partial charge in [-0.1, -0.05) is 42.6 Å². The number of para-hydroxylation sites is 2. The minimum atomic E-state index is -3.94. The number of rotatable bonds is 7. The summed E-state index contributed by atoms with van der Waals surface area (Å²) in [5, 5.41) is 12.2. The molecule has 0 spiro atoms. The molecule has 0 amide bonds. The van der Waals surface area contributed by atoms with Gasteiger partial charge in [-0.05, 0) is 42.5 Å². The molecule has 159 valence electrons. The highest BCUT2D eigenvalue weighted by Gasteiger charge is 2.19. The van der Waals surface area contributed by atoms with Gasteiger partial charge in [0.1, 0.15) is 7.28 Å². The predicted octanol–water partition coefficient (Wildman–Crippen LogP) is 3.25. The molecule has 3 N–H and O–H groups in total. The molecule has 3 aromatic carbocycles. The summed E-state index contributed by atoms with van der Waals surface area (Å²) in [7, 11) is -2.08. The number of sulfonamides is 1. The van der Waals surface area contributed by atoms with Crippen LogP contribution in [0.15, 0.2) is 77.7 Å². The van der Waals surface area contributed by atoms with Gasteiger partial charge in [0.2, 0.25) is 0 Å². The average Bonchev–Trinajstić information content (AvgIpc) is 2.79. The number of hydrogen-bond acceptors (Lipinski definition) is 6. The zero-order valence-electron chi connectivity index (χ0n) is 17.0. The first-order valence-electron chi connectivity index (χ1n) is 9.65. The highest BCUT2D eigenvalue weighted by molar-refractivity contribution is 7.92. The molecule has 0 aliphatic carbocycles. The quantitative estimate of drug-likeness (QED) is 0.374. The van der Waals surface area contributed by atoms with Crippen molar-refractivity contribution in [2.45, 2.75) is 11.7 Å². The first-order valence-corrected chi connectivity index (χ1v) is 11.1. The molecule has 0 saturated carbocycles. The Kier molecular flexibility index (Phi) is 5.78. The van der Waals surface area contributed by atoms with E-state index in [1.165, 1.54) is 24.3 Å². The summed E-state index contributed by atoms with van der Waals surface area (Å²) in [5.74, 6) is -0.934. The normalized spacial score (nSPS) is 11.2. The van der Waals surface area contributed by atoms with Crippen molar-refractivity contribution in [3.8, 4) is 0 Å². The Morgan fingerprint density at radius 3 is 2.19 bits per heavy atom. The highest BCUT2D eigenvalue weighted by atomic mass is 32.2. The van der Waals surface area contributed by atoms with Crippen LogP contribution >= 0.6 is 0 Å². The van der Waals surface area contributed by atoms with Crippen LogP contribution in [0, 0.1) is 0 Å². The highest BCUT2D eigenvalue weighted by Crippen LogP contribution is 2.27. The first kappa shape index (κ1) is 21.3. The van der Waals surface area contributed by atoms with E-state index in [0.717, 1.165) is 5.46 Å². The largest absolute Gasteiger partial charge is 0.478 e. The average molecular weight is 445 g/mol. The summed E-state index contributed by atoms with van der Waals surface area (Å²) in [6.07, 6.45) is 0. The van der Waals surface area contributed by atoms with Crippen LogP contribution in [-0.2, 0) is 10.0 Å². The zero-order valence-corrected chi connectivity index (χ0v) is 17.8. The number of aromatic carboxylic acids is 1. The number of aromatic nitrogens is 2. The van der Waals surface area contributed by atoms with Crippen LogP contribution in [0.1, 0.15) is 10.4 Å². The van der Waals surface area contributed by atoms with E-state index in [2.05, 4.69) is 20.0 Å². The molecule has 0 bridgehead atoms. The predicted molar refractivity (Wildman–Crippen MR) is 125 cm³/mol. The van der Waals surface area contributed by atoms with Gasteiger partial charge in [-0.3, -0.25) is 4.72 Å². The summed E-state index contributed by atoms with van der Waals surface area (Å²) in [4.78, 5) is 20.3. The fourth-order valence-corrected chi connectivity index (χ4v) is 4.06. The molecule has 4 aromatic rings. The van der Waals surface area contributed by atoms with E-state index in [9.17, 15) is 18.3 Å². The Labute approximate surface area is 185 Å². The van der Waals surface area contributed by atoms with Crippen LogP contribution in [-0.4, -0.2) is 36.7 Å². The number of nitrogens with one attached hydrogen (secondary N) is 2. The van der Waals surface area contributed by atoms with Crippen molar-refractivity contribution in [2.24, 2.45) is 0 Å². The molecule has 0 unspecified atom stereocenters. The minimum absolute atomic E-state index is 0.00411. The van der Waals surface area contributed by atoms with Crippen LogP contribution in [0.3, 0.4) is 0 Å². The van der Waals surface area contributed by atoms with Crippen molar-refractivity contribution >= 4 is 57.1 Å². The second kappa shape index (κ2) is 8.68. The molecule has 0 saturated heterocycles. The molecule has 1 heterocycles. The van der Waals surface area contributed by atoms with E-state index in [1.54, 1.807) is 48.5 Å². The summed E-state index contributed by atoms with van der Waals surface area (Å²) < 4.78 is 28.5. The van der Waals surface area contributed by atoms with Crippen molar-refractivity contribution in [3.63, 3.8) is 0 Å². The zero-order chi connectivity index (χ0) is 22.7. The Morgan fingerprint density at radius 2 is 1.56 bits per heavy atom. The van der Waals surface area contributed by atoms with E-state index in [4.69, 9.17) is 0 Å². The first-order chi connectivity index (χ1) is 15.4. The summed E-state index contributed by atoms with van der Waals surface area (Å²) >= 11 is 0. The summed E-state index contributed by atoms with van der Waals surface area (Å²) in [6, 6.07) is 19.6. The number of fused-ring (bicyclic) bond motifs is 1. The minimum Gasteiger partial charge on any atom is -0.478 e. The Balaban J connectivity index is 1.75. The lowest BCUT2D eigenvalue weighted by molar-refractivity contribution is 0.0697. The fraction of sp³-hybridized carbons (Fsp3) is 0.0455. The summed E-state index contributed by atoms with van der Waals surface area (Å²) in [5.41, 5.74) is 2.47. The van der Waals surface area contributed by atoms with E-state index >= 15 is 0 Å². The number of hydrogen-bond donors (Lipinski definition) is 3. The lowest BCUT2D eigenvalue weighted by atomic mass is 9.74. The number of benzene rings is 3. The van der Waals surface area contributed by atoms with Gasteiger partial charge in [0.25, 0.3) is 10.0 Å². The van der Waals surface area contributed by atoms with Gasteiger partial charge in [0.05, 0.1) is 21.5 Å². The molecule has 0 aliphatic rings. The Morgan fingerprint density at radius 1 is 0.906 bits per heavy atom. The molecule has 1 radical (unpaired) electrons. The molecule has 0 aliphatic heterocycles. The maximum Gasteiger partial charge on any atom is 0.335 e. The molecule has 4 rings (SSSR count). The van der Waals surface area contributed by atoms with Gasteiger partial charge < -0.3 is 10.4 Å². The molecule has 8 nitrogen and oxygen atoms in total. The number of carboxylic acid groups (broad SMARTS) is 1. The lowest BCUT2D eigenvalue weighted by Gasteiger charge is -2.14. The maximum atomic E-state index is 13.0. The lowest BCUT2D eigenvalue weighted by Crippen LogP contribution is -2.17. The van der Waals surface area contributed by atoms with Crippen LogP contribution in [0.25, 0.3) is 11.0 Å². The van der Waals surface area contributed by atoms with Crippen LogP contribution < -0.4 is 15.5 Å². The number of carboxylic acids is 1. The van der Waals surface area contributed by atoms with Crippen molar-refractivity contribution in [2.75, 3.05) is 10.0 Å². The van der Waals surface area contributed by atoms with Crippen molar-refractivity contribution in [1.29, 1.82) is 0 Å². The van der Waals surface area contributed by atoms with E-state index in [1.807, 2.05) is 14.1 Å². The molecule has 1 aromatic heterocycles. The van der Waals surface area contributed by atoms with Crippen molar-refractivity contribution in [3.05, 3.63) is 78.4 Å². The van der Waals surface area contributed by atoms with Gasteiger partial charge >= 0.3 is 5.97 Å². The van der Waals surface area contributed by atoms with Crippen LogP contribution in [0.4, 0.5) is 17.3 Å². The van der Waals surface area contributed by atoms with Gasteiger partial charge in [-0.15, -0.1) is 0 Å². The Hall–Kier alpha value is -3.92. The fourth-order valence-electron chi connectivity index (χ4n) is 3.05. The SMILES string of the molecule is C[B]c1ccc(S(=O)(=O)Nc2nc3ccccc3nc2Nc2cccc(C(=O)O)c2)cc1. The van der Waals surface area contributed by atoms with E-state index in [-0.39, 0.29) is 22.1 Å². The second-order valence-electron chi connectivity index (χ2n) is 6.88. The third-order valence-corrected chi connectivity index (χ3v) is 6.05. The second-order valence-corrected chi connectivity index (χ2v) is 8.57. The topological polar surface area (TPSA) is 121 Å². The van der Waals surface area contributed by atoms with Crippen molar-refractivity contribution < 1.29 is 18.3 Å². The standard InChI is InChI=1S/C22H18BN4O4S/c1-23-15-9-11-17(12-10-15)32(30,31)27-21-20(25-18-7-2-3-8-19(18)26-21)24-16-6-4-5-14(13-16)22(28)29/h2-13H,1H3,(H,24,25)(H,26,27)(H,28,29). The van der Waals surface area contributed by atoms with Crippen molar-refractivity contribution in [1.82, 2.24) is 9.97 Å². The van der Waals surface area contributed by atoms with E-state index in [0.29, 0.717) is 16.7 Å². The smallest absolute Gasteiger partial charge is 0.335 e. The molecule has 32 heavy (non-hydrogen) atoms. The van der Waals surface area contributed by atoms with Gasteiger partial charge in [0, 0.05) is 5.69 Å². The summed E-state index contributed by atoms with van der Waals surface area (Å²) in [6.45, 7) is 1.86. The van der Waals surface area contributed by atoms with Gasteiger partial charge in [-0.25, -0.2) is 23.2 Å². The molecular formula is C22H18BN4O4S. The third kappa shape index (κ3) is 4.55. The van der Waals surface area contributed by atoms with Gasteiger partial charge in [-0.2, -0.15) is 0 Å². The van der Waals surface area contributed by atoms with Crippen LogP contribution in [0.5, 0.6) is 0 Å². The number of carbonyl (C=O) groups is 1. The molecule has 10 heteroatoms. The maximum absolute atomic E-state index is 13.0.